The highest BCUT2D eigenvalue weighted by Gasteiger charge is 2.18. The number of aryl methyl sites for hydroxylation is 2. The van der Waals surface area contributed by atoms with E-state index in [1.165, 1.54) is 5.56 Å². The molecule has 0 bridgehead atoms. The van der Waals surface area contributed by atoms with Gasteiger partial charge in [-0.15, -0.1) is 11.3 Å². The zero-order valence-electron chi connectivity index (χ0n) is 15.3. The first-order valence-electron chi connectivity index (χ1n) is 8.59. The normalized spacial score (nSPS) is 10.9. The van der Waals surface area contributed by atoms with Crippen LogP contribution in [0, 0.1) is 13.8 Å². The van der Waals surface area contributed by atoms with Gasteiger partial charge in [-0.25, -0.2) is 4.68 Å². The van der Waals surface area contributed by atoms with E-state index in [-0.39, 0.29) is 5.91 Å². The van der Waals surface area contributed by atoms with E-state index in [0.29, 0.717) is 18.8 Å². The molecule has 0 radical (unpaired) electrons. The van der Waals surface area contributed by atoms with Crippen molar-refractivity contribution in [3.63, 3.8) is 0 Å². The molecule has 0 unspecified atom stereocenters. The van der Waals surface area contributed by atoms with E-state index in [2.05, 4.69) is 18.3 Å². The van der Waals surface area contributed by atoms with Gasteiger partial charge in [0.15, 0.2) is 0 Å². The summed E-state index contributed by atoms with van der Waals surface area (Å²) in [5, 5.41) is 9.69. The Hall–Kier alpha value is -2.44. The molecular formula is C20H23N3O2S. The second-order valence-corrected chi connectivity index (χ2v) is 7.14. The van der Waals surface area contributed by atoms with Crippen molar-refractivity contribution in [2.45, 2.75) is 20.3 Å². The summed E-state index contributed by atoms with van der Waals surface area (Å²) in [4.78, 5) is 13.8. The average molecular weight is 369 g/mol. The van der Waals surface area contributed by atoms with Crippen LogP contribution in [0.5, 0.6) is 0 Å². The van der Waals surface area contributed by atoms with Crippen LogP contribution in [-0.4, -0.2) is 35.9 Å². The van der Waals surface area contributed by atoms with E-state index in [1.807, 2.05) is 42.6 Å². The monoisotopic (exact) mass is 369 g/mol. The Labute approximate surface area is 157 Å². The summed E-state index contributed by atoms with van der Waals surface area (Å²) in [6.45, 7) is 5.28. The van der Waals surface area contributed by atoms with Gasteiger partial charge in [-0.3, -0.25) is 4.79 Å². The number of ether oxygens (including phenoxy) is 1. The minimum Gasteiger partial charge on any atom is -0.385 e. The SMILES string of the molecule is COCCCNC(=O)c1cc(-c2cccs2)nn1-c1ccc(C)cc1C. The number of methoxy groups -OCH3 is 1. The maximum atomic E-state index is 12.8. The van der Waals surface area contributed by atoms with Crippen LogP contribution < -0.4 is 5.32 Å². The first-order chi connectivity index (χ1) is 12.6. The number of rotatable bonds is 7. The molecule has 1 N–H and O–H groups in total. The molecule has 0 saturated heterocycles. The van der Waals surface area contributed by atoms with Crippen LogP contribution in [0.15, 0.2) is 41.8 Å². The lowest BCUT2D eigenvalue weighted by Gasteiger charge is -2.11. The molecule has 5 nitrogen and oxygen atoms in total. The third kappa shape index (κ3) is 4.03. The average Bonchev–Trinajstić information content (AvgIpc) is 3.28. The van der Waals surface area contributed by atoms with Crippen molar-refractivity contribution in [2.75, 3.05) is 20.3 Å². The summed E-state index contributed by atoms with van der Waals surface area (Å²) in [6, 6.07) is 12.0. The minimum atomic E-state index is -0.128. The van der Waals surface area contributed by atoms with Gasteiger partial charge >= 0.3 is 0 Å². The Morgan fingerprint density at radius 1 is 1.27 bits per heavy atom. The van der Waals surface area contributed by atoms with E-state index in [1.54, 1.807) is 23.1 Å². The molecule has 6 heteroatoms. The van der Waals surface area contributed by atoms with Crippen LogP contribution >= 0.6 is 11.3 Å². The number of carbonyl (C=O) groups excluding carboxylic acids is 1. The van der Waals surface area contributed by atoms with Crippen molar-refractivity contribution in [2.24, 2.45) is 0 Å². The van der Waals surface area contributed by atoms with E-state index in [9.17, 15) is 4.79 Å². The highest BCUT2D eigenvalue weighted by atomic mass is 32.1. The molecule has 3 rings (SSSR count). The molecule has 0 fully saturated rings. The van der Waals surface area contributed by atoms with Gasteiger partial charge in [-0.1, -0.05) is 23.8 Å². The first-order valence-corrected chi connectivity index (χ1v) is 9.47. The molecule has 1 aromatic carbocycles. The molecular weight excluding hydrogens is 346 g/mol. The summed E-state index contributed by atoms with van der Waals surface area (Å²) >= 11 is 1.61. The lowest BCUT2D eigenvalue weighted by Crippen LogP contribution is -2.27. The van der Waals surface area contributed by atoms with Crippen molar-refractivity contribution in [3.8, 4) is 16.3 Å². The van der Waals surface area contributed by atoms with Crippen molar-refractivity contribution in [1.82, 2.24) is 15.1 Å². The van der Waals surface area contributed by atoms with Crippen molar-refractivity contribution < 1.29 is 9.53 Å². The van der Waals surface area contributed by atoms with Gasteiger partial charge in [0.1, 0.15) is 11.4 Å². The van der Waals surface area contributed by atoms with Gasteiger partial charge in [0.05, 0.1) is 10.6 Å². The number of hydrogen-bond acceptors (Lipinski definition) is 4. The van der Waals surface area contributed by atoms with Gasteiger partial charge in [0.2, 0.25) is 0 Å². The number of amides is 1. The van der Waals surface area contributed by atoms with E-state index >= 15 is 0 Å². The maximum Gasteiger partial charge on any atom is 0.270 e. The lowest BCUT2D eigenvalue weighted by molar-refractivity contribution is 0.0941. The molecule has 3 aromatic rings. The molecule has 0 atom stereocenters. The summed E-state index contributed by atoms with van der Waals surface area (Å²) in [7, 11) is 1.66. The maximum absolute atomic E-state index is 12.8. The molecule has 1 amide bonds. The number of thiophene rings is 1. The van der Waals surface area contributed by atoms with Gasteiger partial charge in [0, 0.05) is 20.3 Å². The number of hydrogen-bond donors (Lipinski definition) is 1. The Kier molecular flexibility index (Phi) is 5.85. The third-order valence-electron chi connectivity index (χ3n) is 4.11. The number of aromatic nitrogens is 2. The predicted octanol–water partition coefficient (Wildman–Crippen LogP) is 3.98. The standard InChI is InChI=1S/C20H23N3O2S/c1-14-7-8-17(15(2)12-14)23-18(20(24)21-9-5-10-25-3)13-16(22-23)19-6-4-11-26-19/h4,6-8,11-13H,5,9-10H2,1-3H3,(H,21,24). The van der Waals surface area contributed by atoms with Crippen LogP contribution in [0.4, 0.5) is 0 Å². The van der Waals surface area contributed by atoms with Gasteiger partial charge < -0.3 is 10.1 Å². The Morgan fingerprint density at radius 2 is 2.12 bits per heavy atom. The van der Waals surface area contributed by atoms with Gasteiger partial charge in [0.25, 0.3) is 5.91 Å². The minimum absolute atomic E-state index is 0.128. The van der Waals surface area contributed by atoms with Crippen molar-refractivity contribution in [3.05, 3.63) is 58.6 Å². The van der Waals surface area contributed by atoms with E-state index in [0.717, 1.165) is 28.2 Å². The van der Waals surface area contributed by atoms with E-state index in [4.69, 9.17) is 9.84 Å². The number of nitrogens with zero attached hydrogens (tertiary/aromatic N) is 2. The predicted molar refractivity (Wildman–Crippen MR) is 105 cm³/mol. The molecule has 0 saturated carbocycles. The second kappa shape index (κ2) is 8.29. The van der Waals surface area contributed by atoms with E-state index < -0.39 is 0 Å². The van der Waals surface area contributed by atoms with Crippen LogP contribution in [0.3, 0.4) is 0 Å². The summed E-state index contributed by atoms with van der Waals surface area (Å²) in [5.41, 5.74) is 4.53. The molecule has 0 aliphatic carbocycles. The molecule has 0 aliphatic rings. The molecule has 26 heavy (non-hydrogen) atoms. The topological polar surface area (TPSA) is 56.1 Å². The second-order valence-electron chi connectivity index (χ2n) is 6.20. The van der Waals surface area contributed by atoms with Crippen molar-refractivity contribution >= 4 is 17.2 Å². The molecule has 0 spiro atoms. The molecule has 2 aromatic heterocycles. The Morgan fingerprint density at radius 3 is 2.81 bits per heavy atom. The number of benzene rings is 1. The number of nitrogens with one attached hydrogen (secondary N) is 1. The Balaban J connectivity index is 1.97. The summed E-state index contributed by atoms with van der Waals surface area (Å²) < 4.78 is 6.78. The largest absolute Gasteiger partial charge is 0.385 e. The quantitative estimate of drug-likeness (QED) is 0.641. The fourth-order valence-electron chi connectivity index (χ4n) is 2.82. The highest BCUT2D eigenvalue weighted by Crippen LogP contribution is 2.27. The highest BCUT2D eigenvalue weighted by molar-refractivity contribution is 7.13. The zero-order valence-corrected chi connectivity index (χ0v) is 16.1. The van der Waals surface area contributed by atoms with Crippen LogP contribution in [-0.2, 0) is 4.74 Å². The fourth-order valence-corrected chi connectivity index (χ4v) is 3.50. The summed E-state index contributed by atoms with van der Waals surface area (Å²) in [6.07, 6.45) is 0.776. The first kappa shape index (κ1) is 18.4. The molecule has 136 valence electrons. The van der Waals surface area contributed by atoms with Gasteiger partial charge in [-0.2, -0.15) is 5.10 Å². The third-order valence-corrected chi connectivity index (χ3v) is 5.00. The summed E-state index contributed by atoms with van der Waals surface area (Å²) in [5.74, 6) is -0.128. The van der Waals surface area contributed by atoms with Crippen LogP contribution in [0.25, 0.3) is 16.3 Å². The fraction of sp³-hybridized carbons (Fsp3) is 0.300. The van der Waals surface area contributed by atoms with Crippen LogP contribution in [0.1, 0.15) is 28.0 Å². The molecule has 0 aliphatic heterocycles. The number of carbonyl (C=O) groups is 1. The van der Waals surface area contributed by atoms with Crippen LogP contribution in [0.2, 0.25) is 0 Å². The smallest absolute Gasteiger partial charge is 0.270 e. The Bertz CT molecular complexity index is 885. The van der Waals surface area contributed by atoms with Gasteiger partial charge in [-0.05, 0) is 49.4 Å². The lowest BCUT2D eigenvalue weighted by atomic mass is 10.1. The van der Waals surface area contributed by atoms with Crippen molar-refractivity contribution in [1.29, 1.82) is 0 Å². The molecule has 2 heterocycles. The zero-order chi connectivity index (χ0) is 18.5.